The molecule has 354 valence electrons. The van der Waals surface area contributed by atoms with E-state index in [-0.39, 0.29) is 47.5 Å². The van der Waals surface area contributed by atoms with Crippen molar-refractivity contribution in [3.8, 4) is 0 Å². The summed E-state index contributed by atoms with van der Waals surface area (Å²) in [6, 6.07) is 0. The number of ether oxygens (including phenoxy) is 8. The third kappa shape index (κ3) is 7.12. The van der Waals surface area contributed by atoms with Crippen molar-refractivity contribution in [1.82, 2.24) is 0 Å². The maximum atomic E-state index is 11.4. The molecule has 9 rings (SSSR count). The molecule has 0 unspecified atom stereocenters. The quantitative estimate of drug-likeness (QED) is 0.128. The first kappa shape index (κ1) is 46.1. The van der Waals surface area contributed by atoms with Gasteiger partial charge in [-0.2, -0.15) is 0 Å². The van der Waals surface area contributed by atoms with Crippen LogP contribution in [0.25, 0.3) is 0 Å². The summed E-state index contributed by atoms with van der Waals surface area (Å²) in [6.07, 6.45) is -12.1. The summed E-state index contributed by atoms with van der Waals surface area (Å²) in [5, 5.41) is 107. The van der Waals surface area contributed by atoms with Crippen LogP contribution in [0.5, 0.6) is 0 Å². The predicted molar refractivity (Wildman–Crippen MR) is 211 cm³/mol. The molecule has 5 aliphatic heterocycles. The molecule has 0 aromatic carbocycles. The standard InChI is InChI=1S/C44H70O18/c1-18-15-56-44(13-26(18)47)19(2)30-27(62-44)12-25-23-7-6-21-10-22(58-39-35(52)33(50)36(28(14-45)59-39)61-40-37(53)43(54,16-46)17-55-40)11-29(42(21,5)24(23)8-9-41(25,30)4)60-38-34(51)32(49)31(48)20(3)57-38/h6,18-20,22-40,45-54H,7-17H2,1-5H3/t18-,19+,20-,22-,23-,24+,25+,26+,27+,28-,29-,30+,31+,32+,33+,34-,35-,36-,37+,38+,39-,40+,41+,42+,43-,44-/m1/s1. The van der Waals surface area contributed by atoms with Gasteiger partial charge < -0.3 is 89.0 Å². The van der Waals surface area contributed by atoms with Crippen molar-refractivity contribution in [2.45, 2.75) is 189 Å². The van der Waals surface area contributed by atoms with E-state index in [2.05, 4.69) is 26.8 Å². The molecule has 5 saturated heterocycles. The maximum Gasteiger partial charge on any atom is 0.187 e. The summed E-state index contributed by atoms with van der Waals surface area (Å²) in [4.78, 5) is 0. The fourth-order valence-corrected chi connectivity index (χ4v) is 13.8. The largest absolute Gasteiger partial charge is 0.394 e. The lowest BCUT2D eigenvalue weighted by Gasteiger charge is -2.61. The minimum atomic E-state index is -2.00. The van der Waals surface area contributed by atoms with Crippen LogP contribution >= 0.6 is 0 Å². The molecule has 9 aliphatic rings. The van der Waals surface area contributed by atoms with E-state index in [1.807, 2.05) is 6.92 Å². The smallest absolute Gasteiger partial charge is 0.187 e. The lowest BCUT2D eigenvalue weighted by molar-refractivity contribution is -0.343. The SMILES string of the molecule is C[C@@H]1CO[C@]2(C[C@@H]1O)O[C@H]1C[C@H]3[C@@H]4CC=C5C[C@@H](O[C@@H]6O[C@H](CO)[C@@H](O[C@@H]7OC[C@](O)(CO)[C@H]7O)[C@@H](O)[C@H]6O)C[C@@H](O[C@@H]6O[C@H](C)[C@H](O)[C@H](O)[C@H]6O)[C@]5(C)[C@H]4CC[C@]3(C)[C@H]1[C@@H]2C. The summed E-state index contributed by atoms with van der Waals surface area (Å²) in [7, 11) is 0. The van der Waals surface area contributed by atoms with Crippen LogP contribution in [0.4, 0.5) is 0 Å². The average molecular weight is 887 g/mol. The highest BCUT2D eigenvalue weighted by atomic mass is 16.7. The van der Waals surface area contributed by atoms with Gasteiger partial charge in [0.25, 0.3) is 0 Å². The molecule has 8 fully saturated rings. The molecule has 10 N–H and O–H groups in total. The summed E-state index contributed by atoms with van der Waals surface area (Å²) in [5.41, 5.74) is -1.56. The van der Waals surface area contributed by atoms with Crippen molar-refractivity contribution < 1.29 is 89.0 Å². The van der Waals surface area contributed by atoms with E-state index in [0.717, 1.165) is 31.3 Å². The van der Waals surface area contributed by atoms with Crippen LogP contribution in [0.2, 0.25) is 0 Å². The van der Waals surface area contributed by atoms with Gasteiger partial charge in [-0.3, -0.25) is 0 Å². The average Bonchev–Trinajstić information content (AvgIpc) is 3.81. The Balaban J connectivity index is 0.959. The molecule has 0 amide bonds. The van der Waals surface area contributed by atoms with Gasteiger partial charge in [0.2, 0.25) is 0 Å². The minimum absolute atomic E-state index is 0.00143. The summed E-state index contributed by atoms with van der Waals surface area (Å²) in [6.45, 7) is 8.98. The Morgan fingerprint density at radius 1 is 0.823 bits per heavy atom. The lowest BCUT2D eigenvalue weighted by atomic mass is 9.46. The van der Waals surface area contributed by atoms with Crippen molar-refractivity contribution in [2.75, 3.05) is 26.4 Å². The number of hydrogen-bond acceptors (Lipinski definition) is 18. The predicted octanol–water partition coefficient (Wildman–Crippen LogP) is -1.20. The van der Waals surface area contributed by atoms with Gasteiger partial charge >= 0.3 is 0 Å². The second-order valence-corrected chi connectivity index (χ2v) is 20.9. The Morgan fingerprint density at radius 2 is 1.55 bits per heavy atom. The lowest BCUT2D eigenvalue weighted by Crippen LogP contribution is -2.63. The van der Waals surface area contributed by atoms with Crippen LogP contribution in [-0.2, 0) is 37.9 Å². The van der Waals surface area contributed by atoms with Gasteiger partial charge in [-0.1, -0.05) is 39.3 Å². The number of rotatable bonds is 8. The monoisotopic (exact) mass is 886 g/mol. The van der Waals surface area contributed by atoms with Crippen LogP contribution in [0.3, 0.4) is 0 Å². The first-order chi connectivity index (χ1) is 29.3. The zero-order valence-electron chi connectivity index (χ0n) is 36.3. The second kappa shape index (κ2) is 16.7. The van der Waals surface area contributed by atoms with E-state index in [9.17, 15) is 51.1 Å². The molecular weight excluding hydrogens is 816 g/mol. The molecule has 4 aliphatic carbocycles. The summed E-state index contributed by atoms with van der Waals surface area (Å²) >= 11 is 0. The van der Waals surface area contributed by atoms with Crippen molar-refractivity contribution >= 4 is 0 Å². The molecule has 26 atom stereocenters. The fourth-order valence-electron chi connectivity index (χ4n) is 13.8. The van der Waals surface area contributed by atoms with Crippen LogP contribution in [-0.4, -0.2) is 187 Å². The van der Waals surface area contributed by atoms with E-state index >= 15 is 0 Å². The topological polar surface area (TPSA) is 276 Å². The Morgan fingerprint density at radius 3 is 2.24 bits per heavy atom. The van der Waals surface area contributed by atoms with E-state index < -0.39 is 129 Å². The highest BCUT2D eigenvalue weighted by Crippen LogP contribution is 2.71. The molecule has 0 aromatic heterocycles. The normalized spacial score (nSPS) is 58.7. The first-order valence-electron chi connectivity index (χ1n) is 22.9. The Bertz CT molecular complexity index is 1650. The van der Waals surface area contributed by atoms with Crippen molar-refractivity contribution in [3.63, 3.8) is 0 Å². The number of aliphatic hydroxyl groups excluding tert-OH is 9. The van der Waals surface area contributed by atoms with E-state index in [1.165, 1.54) is 0 Å². The van der Waals surface area contributed by atoms with E-state index in [0.29, 0.717) is 25.4 Å². The summed E-state index contributed by atoms with van der Waals surface area (Å²) < 4.78 is 49.8. The molecule has 18 nitrogen and oxygen atoms in total. The molecule has 0 bridgehead atoms. The summed E-state index contributed by atoms with van der Waals surface area (Å²) in [5.74, 6) is 0.350. The van der Waals surface area contributed by atoms with Gasteiger partial charge in [-0.05, 0) is 68.1 Å². The number of aliphatic hydroxyl groups is 10. The van der Waals surface area contributed by atoms with Gasteiger partial charge in [-0.15, -0.1) is 0 Å². The molecule has 1 spiro atoms. The fraction of sp³-hybridized carbons (Fsp3) is 0.955. The second-order valence-electron chi connectivity index (χ2n) is 20.9. The molecule has 62 heavy (non-hydrogen) atoms. The Kier molecular flexibility index (Phi) is 12.4. The third-order valence-electron chi connectivity index (χ3n) is 17.7. The molecule has 18 heteroatoms. The zero-order valence-corrected chi connectivity index (χ0v) is 36.3. The minimum Gasteiger partial charge on any atom is -0.394 e. The molecule has 0 radical (unpaired) electrons. The third-order valence-corrected chi connectivity index (χ3v) is 17.7. The van der Waals surface area contributed by atoms with Gasteiger partial charge in [0.05, 0.1) is 56.9 Å². The molecule has 0 aromatic rings. The molecular formula is C44H70O18. The van der Waals surface area contributed by atoms with Crippen LogP contribution in [0.1, 0.15) is 79.6 Å². The van der Waals surface area contributed by atoms with Crippen LogP contribution in [0.15, 0.2) is 11.6 Å². The zero-order chi connectivity index (χ0) is 44.4. The number of fused-ring (bicyclic) bond motifs is 7. The maximum absolute atomic E-state index is 11.4. The number of hydrogen-bond donors (Lipinski definition) is 10. The first-order valence-corrected chi connectivity index (χ1v) is 22.9. The highest BCUT2D eigenvalue weighted by molar-refractivity contribution is 5.29. The Hall–Kier alpha value is -0.980. The Labute approximate surface area is 362 Å². The molecule has 3 saturated carbocycles. The van der Waals surface area contributed by atoms with Crippen molar-refractivity contribution in [3.05, 3.63) is 11.6 Å². The van der Waals surface area contributed by atoms with Crippen molar-refractivity contribution in [1.29, 1.82) is 0 Å². The van der Waals surface area contributed by atoms with Crippen LogP contribution in [0, 0.1) is 46.3 Å². The van der Waals surface area contributed by atoms with Gasteiger partial charge in [0, 0.05) is 30.1 Å². The van der Waals surface area contributed by atoms with Gasteiger partial charge in [0.1, 0.15) is 54.4 Å². The van der Waals surface area contributed by atoms with Gasteiger partial charge in [-0.25, -0.2) is 0 Å². The van der Waals surface area contributed by atoms with E-state index in [1.54, 1.807) is 6.92 Å². The van der Waals surface area contributed by atoms with Crippen LogP contribution < -0.4 is 0 Å². The highest BCUT2D eigenvalue weighted by Gasteiger charge is 2.70. The molecule has 5 heterocycles. The van der Waals surface area contributed by atoms with E-state index in [4.69, 9.17) is 37.9 Å². The number of allylic oxidation sites excluding steroid dienone is 1. The van der Waals surface area contributed by atoms with Gasteiger partial charge in [0.15, 0.2) is 24.7 Å². The van der Waals surface area contributed by atoms with Crippen molar-refractivity contribution in [2.24, 2.45) is 46.3 Å².